The monoisotopic (exact) mass is 298 g/mol. The van der Waals surface area contributed by atoms with E-state index in [4.69, 9.17) is 29.0 Å². The van der Waals surface area contributed by atoms with E-state index in [1.807, 2.05) is 38.2 Å². The summed E-state index contributed by atoms with van der Waals surface area (Å²) in [5.74, 6) is 5.65. The van der Waals surface area contributed by atoms with Gasteiger partial charge in [0.25, 0.3) is 0 Å². The summed E-state index contributed by atoms with van der Waals surface area (Å²) in [6.45, 7) is 1.88. The summed E-state index contributed by atoms with van der Waals surface area (Å²) in [5.41, 5.74) is 5.48. The molecule has 6 heteroatoms. The number of aryl methyl sites for hydroxylation is 2. The van der Waals surface area contributed by atoms with Gasteiger partial charge in [-0.3, -0.25) is 16.0 Å². The van der Waals surface area contributed by atoms with Crippen molar-refractivity contribution in [3.63, 3.8) is 0 Å². The van der Waals surface area contributed by atoms with Crippen LogP contribution in [0.3, 0.4) is 0 Å². The number of benzene rings is 1. The van der Waals surface area contributed by atoms with Crippen LogP contribution >= 0.6 is 23.2 Å². The molecule has 2 aromatic rings. The number of hydrogen-bond acceptors (Lipinski definition) is 3. The highest BCUT2D eigenvalue weighted by Crippen LogP contribution is 2.28. The van der Waals surface area contributed by atoms with Gasteiger partial charge in [0.05, 0.1) is 22.5 Å². The molecule has 1 atom stereocenters. The molecular formula is C13H16Cl2N4. The molecule has 102 valence electrons. The third kappa shape index (κ3) is 2.92. The smallest absolute Gasteiger partial charge is 0.0847 e. The van der Waals surface area contributed by atoms with E-state index in [9.17, 15) is 0 Å². The topological polar surface area (TPSA) is 55.9 Å². The molecule has 0 aliphatic rings. The number of hydrogen-bond donors (Lipinski definition) is 2. The molecule has 0 aliphatic heterocycles. The van der Waals surface area contributed by atoms with Gasteiger partial charge in [0.1, 0.15) is 0 Å². The molecule has 0 radical (unpaired) electrons. The number of halogens is 2. The molecule has 0 saturated heterocycles. The summed E-state index contributed by atoms with van der Waals surface area (Å²) in [5, 5.41) is 5.65. The fourth-order valence-corrected chi connectivity index (χ4v) is 2.62. The Labute approximate surface area is 122 Å². The summed E-state index contributed by atoms with van der Waals surface area (Å²) in [7, 11) is 1.87. The fraction of sp³-hybridized carbons (Fsp3) is 0.308. The Morgan fingerprint density at radius 3 is 2.58 bits per heavy atom. The van der Waals surface area contributed by atoms with Gasteiger partial charge in [-0.1, -0.05) is 41.4 Å². The van der Waals surface area contributed by atoms with E-state index in [0.29, 0.717) is 16.5 Å². The Balaban J connectivity index is 2.32. The Bertz CT molecular complexity index is 580. The Kier molecular flexibility index (Phi) is 4.47. The average molecular weight is 299 g/mol. The third-order valence-electron chi connectivity index (χ3n) is 3.14. The van der Waals surface area contributed by atoms with Crippen molar-refractivity contribution in [1.29, 1.82) is 0 Å². The van der Waals surface area contributed by atoms with Crippen LogP contribution in [0.25, 0.3) is 0 Å². The zero-order valence-corrected chi connectivity index (χ0v) is 12.3. The standard InChI is InChI=1S/C13H16Cl2N4/c1-8-13(15)12(19(2)18-8)7-11(17-16)9-5-3-4-6-10(9)14/h3-6,11,17H,7,16H2,1-2H3. The second kappa shape index (κ2) is 5.92. The highest BCUT2D eigenvalue weighted by molar-refractivity contribution is 6.32. The first kappa shape index (κ1) is 14.3. The molecule has 0 spiro atoms. The SMILES string of the molecule is Cc1nn(C)c(CC(NN)c2ccccc2Cl)c1Cl. The molecule has 0 fully saturated rings. The van der Waals surface area contributed by atoms with Gasteiger partial charge in [0.2, 0.25) is 0 Å². The normalized spacial score (nSPS) is 12.7. The molecule has 1 unspecified atom stereocenters. The van der Waals surface area contributed by atoms with Crippen molar-refractivity contribution in [3.05, 3.63) is 51.3 Å². The summed E-state index contributed by atoms with van der Waals surface area (Å²) in [6.07, 6.45) is 0.621. The van der Waals surface area contributed by atoms with Crippen molar-refractivity contribution in [2.45, 2.75) is 19.4 Å². The molecule has 0 bridgehead atoms. The van der Waals surface area contributed by atoms with Crippen LogP contribution in [0.5, 0.6) is 0 Å². The van der Waals surface area contributed by atoms with Crippen LogP contribution < -0.4 is 11.3 Å². The van der Waals surface area contributed by atoms with Crippen LogP contribution in [0.15, 0.2) is 24.3 Å². The van der Waals surface area contributed by atoms with E-state index in [2.05, 4.69) is 10.5 Å². The summed E-state index contributed by atoms with van der Waals surface area (Å²) >= 11 is 12.5. The van der Waals surface area contributed by atoms with Crippen LogP contribution in [0.2, 0.25) is 10.0 Å². The van der Waals surface area contributed by atoms with Gasteiger partial charge in [0, 0.05) is 18.5 Å². The molecule has 1 aromatic heterocycles. The first-order valence-electron chi connectivity index (χ1n) is 5.93. The molecule has 0 amide bonds. The van der Waals surface area contributed by atoms with Gasteiger partial charge in [-0.2, -0.15) is 5.10 Å². The van der Waals surface area contributed by atoms with E-state index in [0.717, 1.165) is 17.0 Å². The Hall–Kier alpha value is -1.07. The summed E-state index contributed by atoms with van der Waals surface area (Å²) in [6, 6.07) is 7.50. The molecule has 4 nitrogen and oxygen atoms in total. The lowest BCUT2D eigenvalue weighted by atomic mass is 10.0. The molecular weight excluding hydrogens is 283 g/mol. The molecule has 3 N–H and O–H groups in total. The molecule has 1 heterocycles. The van der Waals surface area contributed by atoms with Crippen molar-refractivity contribution < 1.29 is 0 Å². The lowest BCUT2D eigenvalue weighted by Crippen LogP contribution is -2.30. The van der Waals surface area contributed by atoms with Crippen molar-refractivity contribution in [1.82, 2.24) is 15.2 Å². The maximum absolute atomic E-state index is 6.26. The van der Waals surface area contributed by atoms with Gasteiger partial charge in [0.15, 0.2) is 0 Å². The van der Waals surface area contributed by atoms with Crippen LogP contribution in [0.1, 0.15) is 23.0 Å². The van der Waals surface area contributed by atoms with Gasteiger partial charge in [-0.05, 0) is 18.6 Å². The Morgan fingerprint density at radius 2 is 2.05 bits per heavy atom. The Morgan fingerprint density at radius 1 is 1.37 bits per heavy atom. The number of rotatable bonds is 4. The number of nitrogens with zero attached hydrogens (tertiary/aromatic N) is 2. The van der Waals surface area contributed by atoms with Crippen molar-refractivity contribution in [2.24, 2.45) is 12.9 Å². The fourth-order valence-electron chi connectivity index (χ4n) is 2.11. The zero-order chi connectivity index (χ0) is 14.0. The van der Waals surface area contributed by atoms with Gasteiger partial charge in [-0.15, -0.1) is 0 Å². The van der Waals surface area contributed by atoms with Gasteiger partial charge in [-0.25, -0.2) is 0 Å². The van der Waals surface area contributed by atoms with Crippen molar-refractivity contribution in [2.75, 3.05) is 0 Å². The average Bonchev–Trinajstić information content (AvgIpc) is 2.63. The van der Waals surface area contributed by atoms with E-state index >= 15 is 0 Å². The molecule has 1 aromatic carbocycles. The maximum Gasteiger partial charge on any atom is 0.0847 e. The highest BCUT2D eigenvalue weighted by atomic mass is 35.5. The minimum Gasteiger partial charge on any atom is -0.271 e. The first-order chi connectivity index (χ1) is 9.04. The largest absolute Gasteiger partial charge is 0.271 e. The third-order valence-corrected chi connectivity index (χ3v) is 3.98. The zero-order valence-electron chi connectivity index (χ0n) is 10.8. The molecule has 0 saturated carbocycles. The molecule has 19 heavy (non-hydrogen) atoms. The van der Waals surface area contributed by atoms with E-state index in [-0.39, 0.29) is 6.04 Å². The number of hydrazine groups is 1. The van der Waals surface area contributed by atoms with E-state index in [1.165, 1.54) is 0 Å². The minimum absolute atomic E-state index is 0.110. The first-order valence-corrected chi connectivity index (χ1v) is 6.68. The van der Waals surface area contributed by atoms with Crippen LogP contribution in [0.4, 0.5) is 0 Å². The highest BCUT2D eigenvalue weighted by Gasteiger charge is 2.19. The minimum atomic E-state index is -0.110. The van der Waals surface area contributed by atoms with Gasteiger partial charge >= 0.3 is 0 Å². The molecule has 0 aliphatic carbocycles. The van der Waals surface area contributed by atoms with E-state index < -0.39 is 0 Å². The predicted octanol–water partition coefficient (Wildman–Crippen LogP) is 2.78. The second-order valence-corrected chi connectivity index (χ2v) is 5.20. The number of aromatic nitrogens is 2. The molecule has 2 rings (SSSR count). The lowest BCUT2D eigenvalue weighted by Gasteiger charge is -2.18. The second-order valence-electron chi connectivity index (χ2n) is 4.41. The number of nitrogens with two attached hydrogens (primary N) is 1. The quantitative estimate of drug-likeness (QED) is 0.674. The van der Waals surface area contributed by atoms with Crippen LogP contribution in [-0.2, 0) is 13.5 Å². The van der Waals surface area contributed by atoms with E-state index in [1.54, 1.807) is 4.68 Å². The predicted molar refractivity (Wildman–Crippen MR) is 78.2 cm³/mol. The summed E-state index contributed by atoms with van der Waals surface area (Å²) < 4.78 is 1.78. The summed E-state index contributed by atoms with van der Waals surface area (Å²) in [4.78, 5) is 0. The lowest BCUT2D eigenvalue weighted by molar-refractivity contribution is 0.530. The van der Waals surface area contributed by atoms with Crippen LogP contribution in [-0.4, -0.2) is 9.78 Å². The van der Waals surface area contributed by atoms with Gasteiger partial charge < -0.3 is 0 Å². The van der Waals surface area contributed by atoms with Crippen LogP contribution in [0, 0.1) is 6.92 Å². The van der Waals surface area contributed by atoms with Crippen molar-refractivity contribution >= 4 is 23.2 Å². The number of nitrogens with one attached hydrogen (secondary N) is 1. The maximum atomic E-state index is 6.26. The van der Waals surface area contributed by atoms with Crippen molar-refractivity contribution in [3.8, 4) is 0 Å².